The Balaban J connectivity index is 2.10. The first-order valence-corrected chi connectivity index (χ1v) is 6.83. The highest BCUT2D eigenvalue weighted by Gasteiger charge is 2.32. The first kappa shape index (κ1) is 14.8. The Morgan fingerprint density at radius 3 is 2.75 bits per heavy atom. The molecule has 3 N–H and O–H groups in total. The van der Waals surface area contributed by atoms with Crippen molar-refractivity contribution in [3.05, 3.63) is 29.3 Å². The summed E-state index contributed by atoms with van der Waals surface area (Å²) in [4.78, 5) is 14.0. The van der Waals surface area contributed by atoms with Gasteiger partial charge in [0.1, 0.15) is 0 Å². The van der Waals surface area contributed by atoms with E-state index in [9.17, 15) is 9.90 Å². The van der Waals surface area contributed by atoms with Gasteiger partial charge in [-0.3, -0.25) is 4.79 Å². The van der Waals surface area contributed by atoms with E-state index in [0.717, 1.165) is 5.56 Å². The summed E-state index contributed by atoms with van der Waals surface area (Å²) < 4.78 is 5.25. The summed E-state index contributed by atoms with van der Waals surface area (Å²) in [5.41, 5.74) is 6.93. The van der Waals surface area contributed by atoms with E-state index < -0.39 is 5.60 Å². The van der Waals surface area contributed by atoms with Gasteiger partial charge in [0, 0.05) is 50.9 Å². The fraction of sp³-hybridized carbons (Fsp3) is 0.533. The molecule has 2 rings (SSSR count). The number of amides is 1. The Hall–Kier alpha value is -1.59. The molecule has 1 aliphatic rings. The van der Waals surface area contributed by atoms with Crippen LogP contribution in [0.15, 0.2) is 18.2 Å². The zero-order valence-electron chi connectivity index (χ0n) is 12.1. The number of carbonyl (C=O) groups is 1. The maximum atomic E-state index is 12.5. The molecule has 1 heterocycles. The summed E-state index contributed by atoms with van der Waals surface area (Å²) in [6.07, 6.45) is 1.11. The number of nitrogens with zero attached hydrogens (tertiary/aromatic N) is 1. The van der Waals surface area contributed by atoms with E-state index in [1.54, 1.807) is 24.1 Å². The van der Waals surface area contributed by atoms with Crippen LogP contribution in [-0.2, 0) is 4.74 Å². The van der Waals surface area contributed by atoms with Crippen LogP contribution < -0.4 is 5.73 Å². The highest BCUT2D eigenvalue weighted by molar-refractivity contribution is 5.96. The van der Waals surface area contributed by atoms with E-state index in [0.29, 0.717) is 43.9 Å². The van der Waals surface area contributed by atoms with Gasteiger partial charge in [0.05, 0.1) is 5.60 Å². The van der Waals surface area contributed by atoms with Crippen molar-refractivity contribution in [1.82, 2.24) is 4.90 Å². The minimum absolute atomic E-state index is 0.116. The third kappa shape index (κ3) is 3.29. The Bertz CT molecular complexity index is 496. The summed E-state index contributed by atoms with van der Waals surface area (Å²) in [7, 11) is 1.71. The first-order chi connectivity index (χ1) is 9.41. The average Bonchev–Trinajstić information content (AvgIpc) is 2.41. The lowest BCUT2D eigenvalue weighted by Gasteiger charge is -2.35. The van der Waals surface area contributed by atoms with E-state index in [1.807, 2.05) is 13.0 Å². The zero-order valence-corrected chi connectivity index (χ0v) is 12.1. The fourth-order valence-electron chi connectivity index (χ4n) is 2.50. The number of nitrogen functional groups attached to an aromatic ring is 1. The number of hydrogen-bond donors (Lipinski definition) is 2. The van der Waals surface area contributed by atoms with Crippen LogP contribution in [0.1, 0.15) is 28.8 Å². The lowest BCUT2D eigenvalue weighted by molar-refractivity contribution is -0.0734. The van der Waals surface area contributed by atoms with Gasteiger partial charge in [-0.15, -0.1) is 0 Å². The second kappa shape index (κ2) is 5.81. The smallest absolute Gasteiger partial charge is 0.254 e. The molecule has 0 bridgehead atoms. The summed E-state index contributed by atoms with van der Waals surface area (Å²) in [6.45, 7) is 3.26. The fourth-order valence-corrected chi connectivity index (χ4v) is 2.50. The van der Waals surface area contributed by atoms with Crippen LogP contribution in [0.2, 0.25) is 0 Å². The van der Waals surface area contributed by atoms with Crippen molar-refractivity contribution < 1.29 is 14.6 Å². The van der Waals surface area contributed by atoms with Crippen molar-refractivity contribution in [2.75, 3.05) is 32.5 Å². The van der Waals surface area contributed by atoms with E-state index in [1.165, 1.54) is 0 Å². The van der Waals surface area contributed by atoms with Crippen molar-refractivity contribution in [3.8, 4) is 0 Å². The van der Waals surface area contributed by atoms with E-state index in [2.05, 4.69) is 0 Å². The molecule has 0 unspecified atom stereocenters. The monoisotopic (exact) mass is 278 g/mol. The molecule has 5 nitrogen and oxygen atoms in total. The number of aryl methyl sites for hydroxylation is 1. The maximum absolute atomic E-state index is 12.5. The van der Waals surface area contributed by atoms with Gasteiger partial charge in [0.15, 0.2) is 0 Å². The maximum Gasteiger partial charge on any atom is 0.254 e. The molecule has 0 spiro atoms. The first-order valence-electron chi connectivity index (χ1n) is 6.83. The van der Waals surface area contributed by atoms with Gasteiger partial charge < -0.3 is 20.5 Å². The molecule has 0 atom stereocenters. The van der Waals surface area contributed by atoms with Crippen molar-refractivity contribution in [1.29, 1.82) is 0 Å². The van der Waals surface area contributed by atoms with E-state index >= 15 is 0 Å². The third-order valence-corrected chi connectivity index (χ3v) is 3.79. The summed E-state index contributed by atoms with van der Waals surface area (Å²) in [5, 5.41) is 10.5. The van der Waals surface area contributed by atoms with Gasteiger partial charge in [-0.25, -0.2) is 0 Å². The molecule has 1 aromatic carbocycles. The molecular weight excluding hydrogens is 256 g/mol. The van der Waals surface area contributed by atoms with Crippen LogP contribution in [-0.4, -0.2) is 48.3 Å². The molecule has 110 valence electrons. The third-order valence-electron chi connectivity index (χ3n) is 3.79. The molecule has 0 aliphatic carbocycles. The van der Waals surface area contributed by atoms with Crippen LogP contribution in [0.4, 0.5) is 5.69 Å². The van der Waals surface area contributed by atoms with Crippen LogP contribution in [0.25, 0.3) is 0 Å². The molecule has 1 fully saturated rings. The highest BCUT2D eigenvalue weighted by atomic mass is 16.5. The van der Waals surface area contributed by atoms with Crippen molar-refractivity contribution in [2.24, 2.45) is 0 Å². The average molecular weight is 278 g/mol. The number of likely N-dealkylation sites (N-methyl/N-ethyl adjacent to an activating group) is 1. The number of rotatable bonds is 3. The van der Waals surface area contributed by atoms with Gasteiger partial charge in [-0.05, 0) is 24.6 Å². The Kier molecular flexibility index (Phi) is 4.30. The van der Waals surface area contributed by atoms with Crippen molar-refractivity contribution in [3.63, 3.8) is 0 Å². The largest absolute Gasteiger partial charge is 0.399 e. The minimum atomic E-state index is -0.850. The quantitative estimate of drug-likeness (QED) is 0.814. The van der Waals surface area contributed by atoms with Gasteiger partial charge in [0.25, 0.3) is 5.91 Å². The topological polar surface area (TPSA) is 75.8 Å². The Morgan fingerprint density at radius 2 is 2.10 bits per heavy atom. The number of hydrogen-bond acceptors (Lipinski definition) is 4. The number of nitrogens with two attached hydrogens (primary N) is 1. The number of ether oxygens (including phenoxy) is 1. The van der Waals surface area contributed by atoms with Crippen molar-refractivity contribution >= 4 is 11.6 Å². The van der Waals surface area contributed by atoms with Crippen LogP contribution in [0.3, 0.4) is 0 Å². The summed E-state index contributed by atoms with van der Waals surface area (Å²) in [6, 6.07) is 5.29. The summed E-state index contributed by atoms with van der Waals surface area (Å²) in [5.74, 6) is -0.116. The van der Waals surface area contributed by atoms with Gasteiger partial charge in [-0.2, -0.15) is 0 Å². The Morgan fingerprint density at radius 1 is 1.45 bits per heavy atom. The Labute approximate surface area is 119 Å². The molecule has 5 heteroatoms. The number of carbonyl (C=O) groups excluding carboxylic acids is 1. The van der Waals surface area contributed by atoms with E-state index in [4.69, 9.17) is 10.5 Å². The molecular formula is C15H22N2O3. The zero-order chi connectivity index (χ0) is 14.8. The van der Waals surface area contributed by atoms with Gasteiger partial charge >= 0.3 is 0 Å². The molecule has 0 radical (unpaired) electrons. The van der Waals surface area contributed by atoms with Crippen LogP contribution in [0, 0.1) is 6.92 Å². The standard InChI is InChI=1S/C15H22N2O3/c1-11-3-4-12(16)9-13(11)14(18)17(2)10-15(19)5-7-20-8-6-15/h3-4,9,19H,5-8,10,16H2,1-2H3. The predicted molar refractivity (Wildman–Crippen MR) is 77.6 cm³/mol. The number of benzene rings is 1. The lowest BCUT2D eigenvalue weighted by atomic mass is 9.93. The van der Waals surface area contributed by atoms with Crippen LogP contribution >= 0.6 is 0 Å². The van der Waals surface area contributed by atoms with Crippen LogP contribution in [0.5, 0.6) is 0 Å². The highest BCUT2D eigenvalue weighted by Crippen LogP contribution is 2.23. The molecule has 1 amide bonds. The van der Waals surface area contributed by atoms with Crippen molar-refractivity contribution in [2.45, 2.75) is 25.4 Å². The SMILES string of the molecule is Cc1ccc(N)cc1C(=O)N(C)CC1(O)CCOCC1. The van der Waals surface area contributed by atoms with E-state index in [-0.39, 0.29) is 5.91 Å². The molecule has 20 heavy (non-hydrogen) atoms. The molecule has 1 aromatic rings. The predicted octanol–water partition coefficient (Wildman–Crippen LogP) is 1.19. The molecule has 1 saturated heterocycles. The molecule has 0 aromatic heterocycles. The molecule has 1 aliphatic heterocycles. The van der Waals surface area contributed by atoms with Gasteiger partial charge in [0.2, 0.25) is 0 Å². The second-order valence-corrected chi connectivity index (χ2v) is 5.57. The minimum Gasteiger partial charge on any atom is -0.399 e. The summed E-state index contributed by atoms with van der Waals surface area (Å²) >= 11 is 0. The normalized spacial score (nSPS) is 17.8. The molecule has 0 saturated carbocycles. The second-order valence-electron chi connectivity index (χ2n) is 5.57. The van der Waals surface area contributed by atoms with Gasteiger partial charge in [-0.1, -0.05) is 6.07 Å². The lowest BCUT2D eigenvalue weighted by Crippen LogP contribution is -2.47. The number of aliphatic hydroxyl groups is 1. The number of anilines is 1.